The highest BCUT2D eigenvalue weighted by Gasteiger charge is 2.47. The molecule has 5 heterocycles. The quantitative estimate of drug-likeness (QED) is 0.418. The molecule has 0 aliphatic carbocycles. The molecule has 0 saturated carbocycles. The van der Waals surface area contributed by atoms with Crippen LogP contribution in [0.15, 0.2) is 48.8 Å². The summed E-state index contributed by atoms with van der Waals surface area (Å²) < 4.78 is 4.16. The van der Waals surface area contributed by atoms with Gasteiger partial charge in [0.1, 0.15) is 0 Å². The molecular formula is C27H33N7O. The normalized spacial score (nSPS) is 21.7. The Morgan fingerprint density at radius 2 is 1.97 bits per heavy atom. The predicted molar refractivity (Wildman–Crippen MR) is 136 cm³/mol. The van der Waals surface area contributed by atoms with Gasteiger partial charge in [0.15, 0.2) is 6.35 Å². The Bertz CT molecular complexity index is 1380. The van der Waals surface area contributed by atoms with Crippen LogP contribution in [0.4, 0.5) is 0 Å². The third kappa shape index (κ3) is 3.76. The fourth-order valence-corrected chi connectivity index (χ4v) is 5.96. The first kappa shape index (κ1) is 22.4. The zero-order valence-corrected chi connectivity index (χ0v) is 20.6. The summed E-state index contributed by atoms with van der Waals surface area (Å²) in [6.07, 6.45) is 5.22. The second-order valence-electron chi connectivity index (χ2n) is 10.1. The highest BCUT2D eigenvalue weighted by molar-refractivity contribution is 5.82. The number of nitrogens with zero attached hydrogens (tertiary/aromatic N) is 6. The Hall–Kier alpha value is -3.07. The number of nitrogens with one attached hydrogen (secondary N) is 1. The van der Waals surface area contributed by atoms with Gasteiger partial charge in [0.2, 0.25) is 0 Å². The van der Waals surface area contributed by atoms with E-state index in [1.54, 1.807) is 0 Å². The maximum Gasteiger partial charge on any atom is 0.163 e. The summed E-state index contributed by atoms with van der Waals surface area (Å²) in [5, 5.41) is 25.0. The smallest absolute Gasteiger partial charge is 0.163 e. The lowest BCUT2D eigenvalue weighted by Gasteiger charge is -2.29. The van der Waals surface area contributed by atoms with Crippen LogP contribution in [0.1, 0.15) is 49.7 Å². The molecule has 1 spiro atoms. The number of aryl methyl sites for hydroxylation is 2. The summed E-state index contributed by atoms with van der Waals surface area (Å²) in [5.41, 5.74) is 6.62. The van der Waals surface area contributed by atoms with E-state index in [1.807, 2.05) is 35.3 Å². The Labute approximate surface area is 205 Å². The number of hydrogen-bond donors (Lipinski definition) is 2. The van der Waals surface area contributed by atoms with Crippen LogP contribution in [0.5, 0.6) is 0 Å². The molecule has 4 aromatic rings. The Morgan fingerprint density at radius 3 is 2.80 bits per heavy atom. The monoisotopic (exact) mass is 471 g/mol. The van der Waals surface area contributed by atoms with Gasteiger partial charge in [-0.15, -0.1) is 0 Å². The Kier molecular flexibility index (Phi) is 5.47. The van der Waals surface area contributed by atoms with E-state index >= 15 is 0 Å². The van der Waals surface area contributed by atoms with Crippen LogP contribution in [0.2, 0.25) is 0 Å². The number of aromatic nitrogens is 5. The average molecular weight is 472 g/mol. The van der Waals surface area contributed by atoms with Crippen molar-refractivity contribution in [2.45, 2.75) is 64.5 Å². The van der Waals surface area contributed by atoms with Gasteiger partial charge < -0.3 is 5.11 Å². The van der Waals surface area contributed by atoms with E-state index in [2.05, 4.69) is 64.0 Å². The Morgan fingerprint density at radius 1 is 1.14 bits per heavy atom. The first-order chi connectivity index (χ1) is 17.0. The van der Waals surface area contributed by atoms with E-state index in [9.17, 15) is 5.11 Å². The van der Waals surface area contributed by atoms with Gasteiger partial charge in [0.25, 0.3) is 0 Å². The third-order valence-electron chi connectivity index (χ3n) is 8.05. The van der Waals surface area contributed by atoms with Crippen molar-refractivity contribution >= 4 is 10.9 Å². The fraction of sp³-hybridized carbons (Fsp3) is 0.444. The predicted octanol–water partition coefficient (Wildman–Crippen LogP) is 3.60. The van der Waals surface area contributed by atoms with Crippen molar-refractivity contribution in [1.29, 1.82) is 0 Å². The van der Waals surface area contributed by atoms with E-state index in [-0.39, 0.29) is 11.5 Å². The molecule has 0 radical (unpaired) electrons. The van der Waals surface area contributed by atoms with E-state index in [4.69, 9.17) is 5.10 Å². The number of aliphatic hydroxyl groups excluding tert-OH is 1. The highest BCUT2D eigenvalue weighted by Crippen LogP contribution is 2.44. The molecule has 0 bridgehead atoms. The van der Waals surface area contributed by atoms with Crippen molar-refractivity contribution in [3.8, 4) is 11.3 Å². The molecule has 1 saturated heterocycles. The lowest BCUT2D eigenvalue weighted by atomic mass is 9.82. The number of para-hydroxylation sites is 1. The standard InChI is InChI=1S/C27H33N7O/c1-4-33-19(3)22(16-29-33)18(2)30-26(35)32-11-9-27(17-32)10-12-34-25(27)14-24(31-34)21-13-20-7-5-6-8-23(20)28-15-21/h5-8,13-16,18,26,30,35H,4,9-12,17H2,1-3H3. The summed E-state index contributed by atoms with van der Waals surface area (Å²) in [5.74, 6) is 0. The molecule has 0 amide bonds. The zero-order chi connectivity index (χ0) is 24.2. The molecule has 8 nitrogen and oxygen atoms in total. The third-order valence-corrected chi connectivity index (χ3v) is 8.05. The van der Waals surface area contributed by atoms with Gasteiger partial charge in [-0.25, -0.2) is 0 Å². The van der Waals surface area contributed by atoms with Crippen LogP contribution >= 0.6 is 0 Å². The summed E-state index contributed by atoms with van der Waals surface area (Å²) in [6, 6.07) is 12.6. The first-order valence-corrected chi connectivity index (χ1v) is 12.6. The summed E-state index contributed by atoms with van der Waals surface area (Å²) in [6.45, 7) is 9.71. The number of aliphatic hydroxyl groups is 1. The van der Waals surface area contributed by atoms with E-state index in [0.29, 0.717) is 0 Å². The molecule has 3 aromatic heterocycles. The largest absolute Gasteiger partial charge is 0.365 e. The fourth-order valence-electron chi connectivity index (χ4n) is 5.96. The number of pyridine rings is 1. The van der Waals surface area contributed by atoms with Crippen LogP contribution in [-0.4, -0.2) is 54.0 Å². The Balaban J connectivity index is 1.19. The van der Waals surface area contributed by atoms with E-state index in [1.165, 1.54) is 5.69 Å². The highest BCUT2D eigenvalue weighted by atomic mass is 16.3. The van der Waals surface area contributed by atoms with Gasteiger partial charge in [-0.05, 0) is 51.8 Å². The summed E-state index contributed by atoms with van der Waals surface area (Å²) >= 11 is 0. The lowest BCUT2D eigenvalue weighted by Crippen LogP contribution is -2.46. The molecule has 2 N–H and O–H groups in total. The van der Waals surface area contributed by atoms with Gasteiger partial charge >= 0.3 is 0 Å². The minimum Gasteiger partial charge on any atom is -0.365 e. The van der Waals surface area contributed by atoms with Crippen molar-refractivity contribution < 1.29 is 5.11 Å². The first-order valence-electron chi connectivity index (χ1n) is 12.6. The minimum atomic E-state index is -0.699. The van der Waals surface area contributed by atoms with Crippen molar-refractivity contribution in [1.82, 2.24) is 34.8 Å². The van der Waals surface area contributed by atoms with E-state index < -0.39 is 6.35 Å². The van der Waals surface area contributed by atoms with Crippen LogP contribution < -0.4 is 5.32 Å². The number of hydrogen-bond acceptors (Lipinski definition) is 6. The van der Waals surface area contributed by atoms with Crippen LogP contribution in [0.3, 0.4) is 0 Å². The molecule has 35 heavy (non-hydrogen) atoms. The number of benzene rings is 1. The molecule has 2 aliphatic rings. The van der Waals surface area contributed by atoms with Gasteiger partial charge in [-0.3, -0.25) is 24.6 Å². The maximum atomic E-state index is 11.1. The molecule has 182 valence electrons. The van der Waals surface area contributed by atoms with Crippen LogP contribution in [-0.2, 0) is 18.5 Å². The molecular weight excluding hydrogens is 438 g/mol. The average Bonchev–Trinajstić information content (AvgIpc) is 3.64. The van der Waals surface area contributed by atoms with E-state index in [0.717, 1.165) is 72.4 Å². The van der Waals surface area contributed by atoms with Crippen molar-refractivity contribution in [3.63, 3.8) is 0 Å². The molecule has 6 rings (SSSR count). The minimum absolute atomic E-state index is 0.0166. The number of rotatable bonds is 6. The van der Waals surface area contributed by atoms with Crippen molar-refractivity contribution in [2.24, 2.45) is 0 Å². The number of fused-ring (bicyclic) bond motifs is 3. The van der Waals surface area contributed by atoms with Gasteiger partial charge in [-0.1, -0.05) is 18.2 Å². The second-order valence-corrected chi connectivity index (χ2v) is 10.1. The van der Waals surface area contributed by atoms with Gasteiger partial charge in [-0.2, -0.15) is 10.2 Å². The second kappa shape index (κ2) is 8.55. The van der Waals surface area contributed by atoms with Gasteiger partial charge in [0.05, 0.1) is 17.4 Å². The van der Waals surface area contributed by atoms with Crippen LogP contribution in [0, 0.1) is 6.92 Å². The number of likely N-dealkylation sites (tertiary alicyclic amines) is 1. The molecule has 3 atom stereocenters. The molecule has 1 aromatic carbocycles. The van der Waals surface area contributed by atoms with Crippen molar-refractivity contribution in [2.75, 3.05) is 13.1 Å². The van der Waals surface area contributed by atoms with Crippen LogP contribution in [0.25, 0.3) is 22.2 Å². The summed E-state index contributed by atoms with van der Waals surface area (Å²) in [7, 11) is 0. The topological polar surface area (TPSA) is 84.0 Å². The molecule has 2 aliphatic heterocycles. The molecule has 8 heteroatoms. The SMILES string of the molecule is CCn1ncc(C(C)NC(O)N2CCC3(CCn4nc(-c5cnc6ccccc6c5)cc43)C2)c1C. The zero-order valence-electron chi connectivity index (χ0n) is 20.6. The van der Waals surface area contributed by atoms with Crippen molar-refractivity contribution in [3.05, 3.63) is 65.7 Å². The van der Waals surface area contributed by atoms with Gasteiger partial charge in [0, 0.05) is 71.7 Å². The molecule has 1 fully saturated rings. The molecule has 3 unspecified atom stereocenters. The lowest BCUT2D eigenvalue weighted by molar-refractivity contribution is -0.0183. The maximum absolute atomic E-state index is 11.1. The summed E-state index contributed by atoms with van der Waals surface area (Å²) in [4.78, 5) is 6.79.